The van der Waals surface area contributed by atoms with Crippen LogP contribution in [0.4, 0.5) is 15.9 Å². The topological polar surface area (TPSA) is 105 Å². The lowest BCUT2D eigenvalue weighted by Gasteiger charge is -2.16. The number of nitrogens with zero attached hydrogens (tertiary/aromatic N) is 3. The van der Waals surface area contributed by atoms with Gasteiger partial charge in [-0.3, -0.25) is 0 Å². The van der Waals surface area contributed by atoms with Gasteiger partial charge in [-0.15, -0.1) is 0 Å². The normalized spacial score (nSPS) is 12.0. The molecule has 3 N–H and O–H groups in total. The largest absolute Gasteiger partial charge is 0.493 e. The molecule has 33 heavy (non-hydrogen) atoms. The molecule has 0 radical (unpaired) electrons. The van der Waals surface area contributed by atoms with Gasteiger partial charge in [-0.25, -0.2) is 19.3 Å². The number of rotatable bonds is 9. The zero-order valence-corrected chi connectivity index (χ0v) is 20.2. The molecule has 1 unspecified atom stereocenters. The van der Waals surface area contributed by atoms with E-state index in [1.807, 2.05) is 6.92 Å². The number of halogens is 2. The maximum atomic E-state index is 14.3. The van der Waals surface area contributed by atoms with Crippen LogP contribution < -0.4 is 14.8 Å². The van der Waals surface area contributed by atoms with Crippen molar-refractivity contribution in [2.24, 2.45) is 0 Å². The number of aliphatic hydroxyl groups is 1. The van der Waals surface area contributed by atoms with E-state index in [0.717, 1.165) is 10.9 Å². The molecule has 0 bridgehead atoms. The van der Waals surface area contributed by atoms with Crippen LogP contribution in [0.5, 0.6) is 11.5 Å². The third kappa shape index (κ3) is 5.73. The average Bonchev–Trinajstić information content (AvgIpc) is 3.22. The Morgan fingerprint density at radius 2 is 2.09 bits per heavy atom. The summed E-state index contributed by atoms with van der Waals surface area (Å²) in [4.78, 5) is 15.9. The molecule has 0 saturated carbocycles. The molecule has 0 aliphatic heterocycles. The summed E-state index contributed by atoms with van der Waals surface area (Å²) in [7, 11) is 1.52. The van der Waals surface area contributed by atoms with Gasteiger partial charge in [0.05, 0.1) is 30.1 Å². The summed E-state index contributed by atoms with van der Waals surface area (Å²) in [6, 6.07) is 8.14. The fourth-order valence-corrected chi connectivity index (χ4v) is 4.16. The van der Waals surface area contributed by atoms with E-state index < -0.39 is 11.9 Å². The van der Waals surface area contributed by atoms with Crippen LogP contribution in [0.25, 0.3) is 10.9 Å². The molecule has 0 fully saturated rings. The summed E-state index contributed by atoms with van der Waals surface area (Å²) in [5.74, 6) is 1.30. The van der Waals surface area contributed by atoms with Crippen molar-refractivity contribution in [1.29, 1.82) is 0 Å². The molecule has 11 heteroatoms. The van der Waals surface area contributed by atoms with Gasteiger partial charge >= 0.3 is 0 Å². The Balaban J connectivity index is 1.50. The number of aryl methyl sites for hydroxylation is 1. The van der Waals surface area contributed by atoms with Crippen molar-refractivity contribution < 1.29 is 19.0 Å². The van der Waals surface area contributed by atoms with Crippen molar-refractivity contribution in [3.8, 4) is 11.5 Å². The lowest BCUT2D eigenvalue weighted by atomic mass is 10.2. The fraction of sp³-hybridized carbons (Fsp3) is 0.227. The Morgan fingerprint density at radius 3 is 2.82 bits per heavy atom. The van der Waals surface area contributed by atoms with Crippen molar-refractivity contribution in [3.63, 3.8) is 0 Å². The van der Waals surface area contributed by atoms with Gasteiger partial charge in [0.15, 0.2) is 16.7 Å². The summed E-state index contributed by atoms with van der Waals surface area (Å²) in [5, 5.41) is 14.7. The highest BCUT2D eigenvalue weighted by Crippen LogP contribution is 2.35. The molecule has 2 aromatic carbocycles. The smallest absolute Gasteiger partial charge is 0.165 e. The van der Waals surface area contributed by atoms with Gasteiger partial charge in [0.2, 0.25) is 0 Å². The number of imidazole rings is 1. The van der Waals surface area contributed by atoms with Crippen LogP contribution in [0, 0.1) is 12.7 Å². The minimum absolute atomic E-state index is 0.0643. The Hall–Kier alpha value is -2.89. The van der Waals surface area contributed by atoms with Gasteiger partial charge in [0, 0.05) is 27.9 Å². The number of aromatic amines is 1. The number of aliphatic hydroxyl groups excluding tert-OH is 1. The highest BCUT2D eigenvalue weighted by Gasteiger charge is 2.15. The molecule has 2 heterocycles. The highest BCUT2D eigenvalue weighted by molar-refractivity contribution is 9.10. The lowest BCUT2D eigenvalue weighted by molar-refractivity contribution is 0.124. The van der Waals surface area contributed by atoms with E-state index in [1.165, 1.54) is 31.3 Å². The maximum absolute atomic E-state index is 14.3. The minimum atomic E-state index is -0.719. The molecule has 0 aliphatic carbocycles. The van der Waals surface area contributed by atoms with E-state index in [0.29, 0.717) is 38.4 Å². The van der Waals surface area contributed by atoms with Gasteiger partial charge in [0.1, 0.15) is 24.6 Å². The first-order valence-corrected chi connectivity index (χ1v) is 11.7. The number of methoxy groups -OCH3 is 1. The molecule has 0 spiro atoms. The second kappa shape index (κ2) is 10.4. The summed E-state index contributed by atoms with van der Waals surface area (Å²) in [6.45, 7) is 1.96. The van der Waals surface area contributed by atoms with Gasteiger partial charge in [-0.05, 0) is 31.2 Å². The summed E-state index contributed by atoms with van der Waals surface area (Å²) in [6.07, 6.45) is 2.47. The van der Waals surface area contributed by atoms with Crippen molar-refractivity contribution in [1.82, 2.24) is 19.9 Å². The van der Waals surface area contributed by atoms with Crippen molar-refractivity contribution in [2.75, 3.05) is 24.8 Å². The lowest BCUT2D eigenvalue weighted by Crippen LogP contribution is -2.20. The highest BCUT2D eigenvalue weighted by atomic mass is 79.9. The number of anilines is 2. The number of ether oxygens (including phenoxy) is 2. The van der Waals surface area contributed by atoms with Crippen molar-refractivity contribution in [2.45, 2.75) is 18.2 Å². The Bertz CT molecular complexity index is 1270. The first kappa shape index (κ1) is 23.3. The first-order valence-electron chi connectivity index (χ1n) is 9.93. The fourth-order valence-electron chi connectivity index (χ4n) is 3.03. The predicted molar refractivity (Wildman–Crippen MR) is 129 cm³/mol. The standard InChI is InChI=1S/C22H21BrFN5O3S/c1-12-8-25-22(28-12)33-10-14(30)9-32-20-7-18-15(6-19(20)31-2)21(27-11-26-18)29-17-4-3-13(23)5-16(17)24/h3-8,11,14,30H,9-10H2,1-2H3,(H,25,28)(H,26,27,29). The molecular formula is C22H21BrFN5O3S. The first-order chi connectivity index (χ1) is 15.9. The van der Waals surface area contributed by atoms with E-state index >= 15 is 0 Å². The molecule has 8 nitrogen and oxygen atoms in total. The number of hydrogen-bond acceptors (Lipinski definition) is 8. The van der Waals surface area contributed by atoms with Crippen LogP contribution in [-0.2, 0) is 0 Å². The molecule has 1 atom stereocenters. The molecule has 4 aromatic rings. The number of H-pyrrole nitrogens is 1. The van der Waals surface area contributed by atoms with E-state index in [-0.39, 0.29) is 12.3 Å². The van der Waals surface area contributed by atoms with Crippen molar-refractivity contribution >= 4 is 50.1 Å². The number of benzene rings is 2. The number of hydrogen-bond donors (Lipinski definition) is 3. The van der Waals surface area contributed by atoms with Crippen molar-refractivity contribution in [3.05, 3.63) is 58.8 Å². The Kier molecular flexibility index (Phi) is 7.31. The number of aromatic nitrogens is 4. The SMILES string of the molecule is COc1cc2c(Nc3ccc(Br)cc3F)ncnc2cc1OCC(O)CSc1nc(C)c[nH]1. The molecule has 172 valence electrons. The Morgan fingerprint density at radius 1 is 1.24 bits per heavy atom. The zero-order valence-electron chi connectivity index (χ0n) is 17.8. The molecule has 2 aromatic heterocycles. The van der Waals surface area contributed by atoms with E-state index in [2.05, 4.69) is 41.2 Å². The Labute approximate surface area is 202 Å². The minimum Gasteiger partial charge on any atom is -0.493 e. The second-order valence-corrected chi connectivity index (χ2v) is 9.04. The maximum Gasteiger partial charge on any atom is 0.165 e. The second-order valence-electron chi connectivity index (χ2n) is 7.11. The monoisotopic (exact) mass is 533 g/mol. The predicted octanol–water partition coefficient (Wildman–Crippen LogP) is 4.85. The number of thioether (sulfide) groups is 1. The van der Waals surface area contributed by atoms with Crippen LogP contribution in [0.1, 0.15) is 5.69 Å². The molecular weight excluding hydrogens is 513 g/mol. The molecule has 0 saturated heterocycles. The number of nitrogens with one attached hydrogen (secondary N) is 2. The quantitative estimate of drug-likeness (QED) is 0.262. The summed E-state index contributed by atoms with van der Waals surface area (Å²) in [5.41, 5.74) is 1.75. The van der Waals surface area contributed by atoms with Gasteiger partial charge in [0.25, 0.3) is 0 Å². The van der Waals surface area contributed by atoms with Gasteiger partial charge < -0.3 is 24.9 Å². The van der Waals surface area contributed by atoms with Crippen LogP contribution in [-0.4, -0.2) is 50.6 Å². The van der Waals surface area contributed by atoms with Gasteiger partial charge in [-0.2, -0.15) is 0 Å². The van der Waals surface area contributed by atoms with E-state index in [4.69, 9.17) is 9.47 Å². The van der Waals surface area contributed by atoms with E-state index in [9.17, 15) is 9.50 Å². The van der Waals surface area contributed by atoms with Crippen LogP contribution in [0.15, 0.2) is 52.5 Å². The average molecular weight is 534 g/mol. The summed E-state index contributed by atoms with van der Waals surface area (Å²) >= 11 is 4.66. The van der Waals surface area contributed by atoms with Gasteiger partial charge in [-0.1, -0.05) is 27.7 Å². The molecule has 0 aliphatic rings. The summed E-state index contributed by atoms with van der Waals surface area (Å²) < 4.78 is 26.2. The third-order valence-corrected chi connectivity index (χ3v) is 6.16. The molecule has 4 rings (SSSR count). The van der Waals surface area contributed by atoms with E-state index in [1.54, 1.807) is 30.5 Å². The third-order valence-electron chi connectivity index (χ3n) is 4.63. The number of fused-ring (bicyclic) bond motifs is 1. The molecule has 0 amide bonds. The van der Waals surface area contributed by atoms with Crippen LogP contribution >= 0.6 is 27.7 Å². The van der Waals surface area contributed by atoms with Crippen LogP contribution in [0.2, 0.25) is 0 Å². The van der Waals surface area contributed by atoms with Crippen LogP contribution in [0.3, 0.4) is 0 Å². The zero-order chi connectivity index (χ0) is 23.4.